The maximum atomic E-state index is 13.4. The van der Waals surface area contributed by atoms with Crippen molar-refractivity contribution in [3.05, 3.63) is 34.6 Å². The molecule has 3 N–H and O–H groups in total. The summed E-state index contributed by atoms with van der Waals surface area (Å²) in [6.45, 7) is 2.34. The van der Waals surface area contributed by atoms with Crippen LogP contribution in [0.25, 0.3) is 0 Å². The Balaban J connectivity index is 2.28. The predicted molar refractivity (Wildman–Crippen MR) is 72.8 cm³/mol. The molecule has 1 aromatic carbocycles. The molecule has 0 heterocycles. The van der Waals surface area contributed by atoms with Crippen LogP contribution < -0.4 is 10.6 Å². The second-order valence-electron chi connectivity index (χ2n) is 4.27. The van der Waals surface area contributed by atoms with E-state index < -0.39 is 6.10 Å². The molecule has 0 bridgehead atoms. The van der Waals surface area contributed by atoms with Gasteiger partial charge < -0.3 is 15.7 Å². The first-order chi connectivity index (χ1) is 9.00. The summed E-state index contributed by atoms with van der Waals surface area (Å²) < 4.78 is 13.4. The zero-order valence-electron chi connectivity index (χ0n) is 10.7. The van der Waals surface area contributed by atoms with Crippen molar-refractivity contribution in [3.63, 3.8) is 0 Å². The number of hydrogen-bond acceptors (Lipinski definition) is 2. The minimum absolute atomic E-state index is 0.293. The van der Waals surface area contributed by atoms with Crippen LogP contribution in [0.3, 0.4) is 0 Å². The summed E-state index contributed by atoms with van der Waals surface area (Å²) in [5.74, 6) is -0.371. The fourth-order valence-corrected chi connectivity index (χ4v) is 1.79. The number of carbonyl (C=O) groups is 1. The summed E-state index contributed by atoms with van der Waals surface area (Å²) in [5.41, 5.74) is 0.397. The molecule has 19 heavy (non-hydrogen) atoms. The van der Waals surface area contributed by atoms with Crippen LogP contribution in [0.5, 0.6) is 0 Å². The number of carbonyl (C=O) groups excluding carboxylic acids is 1. The van der Waals surface area contributed by atoms with E-state index in [2.05, 4.69) is 10.6 Å². The Morgan fingerprint density at radius 2 is 2.11 bits per heavy atom. The van der Waals surface area contributed by atoms with Gasteiger partial charge >= 0.3 is 6.03 Å². The molecule has 6 heteroatoms. The molecule has 1 rings (SSSR count). The third-order valence-electron chi connectivity index (χ3n) is 2.57. The molecule has 0 aliphatic heterocycles. The van der Waals surface area contributed by atoms with Crippen molar-refractivity contribution in [1.82, 2.24) is 10.6 Å². The number of nitrogens with one attached hydrogen (secondary N) is 2. The highest BCUT2D eigenvalue weighted by Crippen LogP contribution is 2.18. The highest BCUT2D eigenvalue weighted by atomic mass is 35.5. The summed E-state index contributed by atoms with van der Waals surface area (Å²) in [7, 11) is 0. The van der Waals surface area contributed by atoms with Gasteiger partial charge in [0, 0.05) is 23.7 Å². The Labute approximate surface area is 117 Å². The lowest BCUT2D eigenvalue weighted by molar-refractivity contribution is 0.183. The molecule has 0 radical (unpaired) electrons. The van der Waals surface area contributed by atoms with Crippen molar-refractivity contribution in [2.45, 2.75) is 25.9 Å². The number of benzene rings is 1. The summed E-state index contributed by atoms with van der Waals surface area (Å²) in [6.07, 6.45) is 0.375. The van der Waals surface area contributed by atoms with Gasteiger partial charge in [-0.05, 0) is 31.9 Å². The number of aliphatic hydroxyl groups excluding tert-OH is 1. The quantitative estimate of drug-likeness (QED) is 0.751. The van der Waals surface area contributed by atoms with E-state index in [9.17, 15) is 9.18 Å². The molecule has 0 aliphatic rings. The number of amides is 2. The van der Waals surface area contributed by atoms with Gasteiger partial charge in [-0.3, -0.25) is 0 Å². The molecule has 106 valence electrons. The SMILES string of the molecule is CC(O)CCNC(=O)NCCc1c(F)cccc1Cl. The van der Waals surface area contributed by atoms with Crippen LogP contribution in [0.15, 0.2) is 18.2 Å². The van der Waals surface area contributed by atoms with Gasteiger partial charge in [-0.15, -0.1) is 0 Å². The normalized spacial score (nSPS) is 12.0. The standard InChI is InChI=1S/C13H18ClFN2O2/c1-9(18)5-7-16-13(19)17-8-6-10-11(14)3-2-4-12(10)15/h2-4,9,18H,5-8H2,1H3,(H2,16,17,19). The van der Waals surface area contributed by atoms with Crippen LogP contribution in [-0.4, -0.2) is 30.3 Å². The second-order valence-corrected chi connectivity index (χ2v) is 4.68. The first-order valence-electron chi connectivity index (χ1n) is 6.13. The van der Waals surface area contributed by atoms with Gasteiger partial charge in [0.05, 0.1) is 6.10 Å². The van der Waals surface area contributed by atoms with E-state index in [0.29, 0.717) is 36.5 Å². The van der Waals surface area contributed by atoms with Gasteiger partial charge in [0.15, 0.2) is 0 Å². The van der Waals surface area contributed by atoms with Crippen LogP contribution in [0.1, 0.15) is 18.9 Å². The molecule has 1 unspecified atom stereocenters. The summed E-state index contributed by atoms with van der Waals surface area (Å²) in [6, 6.07) is 4.15. The Bertz CT molecular complexity index is 407. The van der Waals surface area contributed by atoms with Crippen molar-refractivity contribution >= 4 is 17.6 Å². The van der Waals surface area contributed by atoms with E-state index in [0.717, 1.165) is 0 Å². The highest BCUT2D eigenvalue weighted by molar-refractivity contribution is 6.31. The molecule has 2 amide bonds. The van der Waals surface area contributed by atoms with E-state index >= 15 is 0 Å². The Hall–Kier alpha value is -1.33. The van der Waals surface area contributed by atoms with Gasteiger partial charge in [-0.25, -0.2) is 9.18 Å². The lowest BCUT2D eigenvalue weighted by Crippen LogP contribution is -2.37. The Morgan fingerprint density at radius 3 is 2.74 bits per heavy atom. The first kappa shape index (κ1) is 15.7. The van der Waals surface area contributed by atoms with Crippen LogP contribution in [0.2, 0.25) is 5.02 Å². The number of urea groups is 1. The number of rotatable bonds is 6. The minimum Gasteiger partial charge on any atom is -0.393 e. The molecule has 4 nitrogen and oxygen atoms in total. The number of halogens is 2. The largest absolute Gasteiger partial charge is 0.393 e. The monoisotopic (exact) mass is 288 g/mol. The average molecular weight is 289 g/mol. The van der Waals surface area contributed by atoms with E-state index in [1.165, 1.54) is 12.1 Å². The van der Waals surface area contributed by atoms with E-state index in [-0.39, 0.29) is 11.8 Å². The van der Waals surface area contributed by atoms with Crippen LogP contribution in [0, 0.1) is 5.82 Å². The summed E-state index contributed by atoms with van der Waals surface area (Å²) in [4.78, 5) is 11.4. The highest BCUT2D eigenvalue weighted by Gasteiger charge is 2.07. The summed E-state index contributed by atoms with van der Waals surface area (Å²) >= 11 is 5.87. The van der Waals surface area contributed by atoms with Gasteiger partial charge in [0.2, 0.25) is 0 Å². The molecule has 0 spiro atoms. The van der Waals surface area contributed by atoms with Gasteiger partial charge in [0.1, 0.15) is 5.82 Å². The zero-order valence-corrected chi connectivity index (χ0v) is 11.5. The third-order valence-corrected chi connectivity index (χ3v) is 2.92. The maximum Gasteiger partial charge on any atom is 0.314 e. The van der Waals surface area contributed by atoms with Gasteiger partial charge in [-0.2, -0.15) is 0 Å². The first-order valence-corrected chi connectivity index (χ1v) is 6.51. The van der Waals surface area contributed by atoms with E-state index in [4.69, 9.17) is 16.7 Å². The number of hydrogen-bond donors (Lipinski definition) is 3. The lowest BCUT2D eigenvalue weighted by Gasteiger charge is -2.09. The topological polar surface area (TPSA) is 61.4 Å². The predicted octanol–water partition coefficient (Wildman–Crippen LogP) is 2.09. The molecule has 0 fully saturated rings. The average Bonchev–Trinajstić information content (AvgIpc) is 2.32. The molecular formula is C13H18ClFN2O2. The van der Waals surface area contributed by atoms with Crippen molar-refractivity contribution in [2.75, 3.05) is 13.1 Å². The van der Waals surface area contributed by atoms with Crippen molar-refractivity contribution in [3.8, 4) is 0 Å². The molecule has 1 aromatic rings. The zero-order chi connectivity index (χ0) is 14.3. The smallest absolute Gasteiger partial charge is 0.314 e. The molecule has 0 saturated heterocycles. The molecule has 0 aromatic heterocycles. The maximum absolute atomic E-state index is 13.4. The molecule has 1 atom stereocenters. The van der Waals surface area contributed by atoms with Gasteiger partial charge in [-0.1, -0.05) is 17.7 Å². The van der Waals surface area contributed by atoms with Crippen molar-refractivity contribution in [2.24, 2.45) is 0 Å². The number of aliphatic hydroxyl groups is 1. The van der Waals surface area contributed by atoms with Crippen molar-refractivity contribution < 1.29 is 14.3 Å². The second kappa shape index (κ2) is 7.96. The van der Waals surface area contributed by atoms with Crippen LogP contribution in [0.4, 0.5) is 9.18 Å². The Morgan fingerprint density at radius 1 is 1.42 bits per heavy atom. The van der Waals surface area contributed by atoms with E-state index in [1.54, 1.807) is 13.0 Å². The van der Waals surface area contributed by atoms with Crippen LogP contribution in [-0.2, 0) is 6.42 Å². The third kappa shape index (κ3) is 5.89. The van der Waals surface area contributed by atoms with E-state index in [1.807, 2.05) is 0 Å². The molecular weight excluding hydrogens is 271 g/mol. The summed E-state index contributed by atoms with van der Waals surface area (Å²) in [5, 5.41) is 14.6. The lowest BCUT2D eigenvalue weighted by atomic mass is 10.1. The Kier molecular flexibility index (Phi) is 6.59. The fourth-order valence-electron chi connectivity index (χ4n) is 1.53. The molecule has 0 saturated carbocycles. The van der Waals surface area contributed by atoms with Crippen LogP contribution >= 0.6 is 11.6 Å². The minimum atomic E-state index is -0.447. The molecule has 0 aliphatic carbocycles. The fraction of sp³-hybridized carbons (Fsp3) is 0.462. The van der Waals surface area contributed by atoms with Crippen molar-refractivity contribution in [1.29, 1.82) is 0 Å². The van der Waals surface area contributed by atoms with Gasteiger partial charge in [0.25, 0.3) is 0 Å².